The van der Waals surface area contributed by atoms with Crippen molar-refractivity contribution in [3.8, 4) is 16.9 Å². The van der Waals surface area contributed by atoms with Gasteiger partial charge in [0.1, 0.15) is 5.75 Å². The van der Waals surface area contributed by atoms with Gasteiger partial charge in [-0.2, -0.15) is 0 Å². The Morgan fingerprint density at radius 2 is 1.81 bits per heavy atom. The van der Waals surface area contributed by atoms with Crippen molar-refractivity contribution in [2.75, 3.05) is 7.11 Å². The predicted octanol–water partition coefficient (Wildman–Crippen LogP) is 5.69. The lowest BCUT2D eigenvalue weighted by Crippen LogP contribution is -2.18. The summed E-state index contributed by atoms with van der Waals surface area (Å²) in [6, 6.07) is 25.8. The lowest BCUT2D eigenvalue weighted by atomic mass is 10.00. The van der Waals surface area contributed by atoms with Crippen LogP contribution in [0.1, 0.15) is 24.1 Å². The highest BCUT2D eigenvalue weighted by atomic mass is 16.5. The maximum absolute atomic E-state index is 5.61. The molecule has 0 saturated carbocycles. The third kappa shape index (κ3) is 3.74. The first kappa shape index (κ1) is 17.4. The molecule has 3 heteroatoms. The molecule has 0 radical (unpaired) electrons. The first-order chi connectivity index (χ1) is 13.2. The van der Waals surface area contributed by atoms with Gasteiger partial charge < -0.3 is 15.0 Å². The van der Waals surface area contributed by atoms with Crippen LogP contribution in [0.25, 0.3) is 22.0 Å². The van der Waals surface area contributed by atoms with Gasteiger partial charge >= 0.3 is 0 Å². The fraction of sp³-hybridized carbons (Fsp3) is 0.167. The highest BCUT2D eigenvalue weighted by Crippen LogP contribution is 2.33. The van der Waals surface area contributed by atoms with E-state index in [9.17, 15) is 0 Å². The number of nitrogens with one attached hydrogen (secondary N) is 2. The largest absolute Gasteiger partial charge is 0.496 e. The fourth-order valence-corrected chi connectivity index (χ4v) is 3.44. The van der Waals surface area contributed by atoms with Gasteiger partial charge in [-0.3, -0.25) is 0 Å². The van der Waals surface area contributed by atoms with Gasteiger partial charge in [0.15, 0.2) is 0 Å². The van der Waals surface area contributed by atoms with E-state index in [4.69, 9.17) is 4.74 Å². The van der Waals surface area contributed by atoms with Crippen molar-refractivity contribution < 1.29 is 4.74 Å². The smallest absolute Gasteiger partial charge is 0.126 e. The zero-order valence-electron chi connectivity index (χ0n) is 15.7. The van der Waals surface area contributed by atoms with Crippen LogP contribution in [0.3, 0.4) is 0 Å². The van der Waals surface area contributed by atoms with Crippen molar-refractivity contribution in [1.82, 2.24) is 10.3 Å². The first-order valence-electron chi connectivity index (χ1n) is 9.27. The van der Waals surface area contributed by atoms with Crippen LogP contribution in [-0.4, -0.2) is 12.1 Å². The molecular weight excluding hydrogens is 332 g/mol. The van der Waals surface area contributed by atoms with Gasteiger partial charge in [0.05, 0.1) is 7.11 Å². The van der Waals surface area contributed by atoms with Crippen molar-refractivity contribution in [1.29, 1.82) is 0 Å². The molecule has 1 heterocycles. The molecule has 3 nitrogen and oxygen atoms in total. The predicted molar refractivity (Wildman–Crippen MR) is 112 cm³/mol. The van der Waals surface area contributed by atoms with Crippen molar-refractivity contribution >= 4 is 10.9 Å². The Bertz CT molecular complexity index is 1040. The number of aromatic nitrogens is 1. The van der Waals surface area contributed by atoms with Crippen LogP contribution in [0, 0.1) is 0 Å². The summed E-state index contributed by atoms with van der Waals surface area (Å²) < 4.78 is 5.61. The van der Waals surface area contributed by atoms with Crippen molar-refractivity contribution in [2.45, 2.75) is 19.5 Å². The first-order valence-corrected chi connectivity index (χ1v) is 9.27. The number of hydrogen-bond acceptors (Lipinski definition) is 2. The SMILES string of the molecule is COc1ccc(CN[C@H](C)c2ccccc2)cc1-c1ccc2[nH]ccc2c1. The fourth-order valence-electron chi connectivity index (χ4n) is 3.44. The number of hydrogen-bond donors (Lipinski definition) is 2. The summed E-state index contributed by atoms with van der Waals surface area (Å²) in [7, 11) is 1.73. The lowest BCUT2D eigenvalue weighted by molar-refractivity contribution is 0.416. The Morgan fingerprint density at radius 3 is 2.63 bits per heavy atom. The molecule has 1 aromatic heterocycles. The van der Waals surface area contributed by atoms with E-state index in [-0.39, 0.29) is 0 Å². The minimum Gasteiger partial charge on any atom is -0.496 e. The second kappa shape index (κ2) is 7.68. The molecule has 0 bridgehead atoms. The summed E-state index contributed by atoms with van der Waals surface area (Å²) in [4.78, 5) is 3.25. The highest BCUT2D eigenvalue weighted by molar-refractivity contribution is 5.86. The van der Waals surface area contributed by atoms with Crippen LogP contribution >= 0.6 is 0 Å². The molecule has 27 heavy (non-hydrogen) atoms. The normalized spacial score (nSPS) is 12.2. The van der Waals surface area contributed by atoms with E-state index in [2.05, 4.69) is 84.0 Å². The summed E-state index contributed by atoms with van der Waals surface area (Å²) in [5.74, 6) is 0.893. The lowest BCUT2D eigenvalue weighted by Gasteiger charge is -2.16. The number of benzene rings is 3. The third-order valence-electron chi connectivity index (χ3n) is 5.04. The number of aromatic amines is 1. The summed E-state index contributed by atoms with van der Waals surface area (Å²) >= 11 is 0. The third-order valence-corrected chi connectivity index (χ3v) is 5.04. The zero-order chi connectivity index (χ0) is 18.6. The maximum atomic E-state index is 5.61. The number of methoxy groups -OCH3 is 1. The molecular formula is C24H24N2O. The topological polar surface area (TPSA) is 37.0 Å². The van der Waals surface area contributed by atoms with Crippen LogP contribution in [0.4, 0.5) is 0 Å². The molecule has 4 rings (SSSR count). The summed E-state index contributed by atoms with van der Waals surface area (Å²) in [6.45, 7) is 3.00. The Hall–Kier alpha value is -3.04. The van der Waals surface area contributed by atoms with Crippen LogP contribution in [0.2, 0.25) is 0 Å². The molecule has 0 aliphatic rings. The van der Waals surface area contributed by atoms with Crippen molar-refractivity contribution in [2.24, 2.45) is 0 Å². The Kier molecular flexibility index (Phi) is 4.95. The number of ether oxygens (including phenoxy) is 1. The molecule has 0 aliphatic heterocycles. The van der Waals surface area contributed by atoms with E-state index in [1.165, 1.54) is 16.5 Å². The maximum Gasteiger partial charge on any atom is 0.126 e. The van der Waals surface area contributed by atoms with Gasteiger partial charge in [-0.05, 0) is 59.3 Å². The molecule has 2 N–H and O–H groups in total. The molecule has 0 saturated heterocycles. The molecule has 136 valence electrons. The van der Waals surface area contributed by atoms with Gasteiger partial charge in [0.25, 0.3) is 0 Å². The van der Waals surface area contributed by atoms with Crippen LogP contribution in [0.5, 0.6) is 5.75 Å². The molecule has 0 aliphatic carbocycles. The zero-order valence-corrected chi connectivity index (χ0v) is 15.7. The van der Waals surface area contributed by atoms with E-state index in [0.717, 1.165) is 28.9 Å². The molecule has 3 aromatic carbocycles. The standard InChI is InChI=1S/C24H24N2O/c1-17(19-6-4-3-5-7-19)26-16-18-8-11-24(27-2)22(14-18)20-9-10-23-21(15-20)12-13-25-23/h3-15,17,25-26H,16H2,1-2H3/t17-/m1/s1. The van der Waals surface area contributed by atoms with E-state index in [1.54, 1.807) is 7.11 Å². The van der Waals surface area contributed by atoms with Gasteiger partial charge in [-0.25, -0.2) is 0 Å². The minimum atomic E-state index is 0.299. The van der Waals surface area contributed by atoms with Crippen LogP contribution in [0.15, 0.2) is 79.0 Å². The molecule has 4 aromatic rings. The molecule has 0 unspecified atom stereocenters. The Balaban J connectivity index is 1.59. The summed E-state index contributed by atoms with van der Waals surface area (Å²) in [5, 5.41) is 4.82. The van der Waals surface area contributed by atoms with Crippen LogP contribution < -0.4 is 10.1 Å². The van der Waals surface area contributed by atoms with Gasteiger partial charge in [0, 0.05) is 29.9 Å². The highest BCUT2D eigenvalue weighted by Gasteiger charge is 2.10. The Labute approximate surface area is 160 Å². The van der Waals surface area contributed by atoms with E-state index in [1.807, 2.05) is 12.3 Å². The number of rotatable bonds is 6. The van der Waals surface area contributed by atoms with Crippen molar-refractivity contribution in [3.05, 3.63) is 90.1 Å². The van der Waals surface area contributed by atoms with Crippen molar-refractivity contribution in [3.63, 3.8) is 0 Å². The van der Waals surface area contributed by atoms with E-state index in [0.29, 0.717) is 6.04 Å². The second-order valence-electron chi connectivity index (χ2n) is 6.83. The Morgan fingerprint density at radius 1 is 0.963 bits per heavy atom. The average Bonchev–Trinajstić information content (AvgIpc) is 3.20. The molecule has 1 atom stereocenters. The average molecular weight is 356 g/mol. The number of fused-ring (bicyclic) bond motifs is 1. The summed E-state index contributed by atoms with van der Waals surface area (Å²) in [5.41, 5.74) is 5.96. The quantitative estimate of drug-likeness (QED) is 0.465. The van der Waals surface area contributed by atoms with Crippen LogP contribution in [-0.2, 0) is 6.54 Å². The second-order valence-corrected chi connectivity index (χ2v) is 6.83. The molecule has 0 fully saturated rings. The van der Waals surface area contributed by atoms with Gasteiger partial charge in [-0.15, -0.1) is 0 Å². The van der Waals surface area contributed by atoms with Gasteiger partial charge in [0.2, 0.25) is 0 Å². The minimum absolute atomic E-state index is 0.299. The number of H-pyrrole nitrogens is 1. The van der Waals surface area contributed by atoms with Gasteiger partial charge in [-0.1, -0.05) is 42.5 Å². The summed E-state index contributed by atoms with van der Waals surface area (Å²) in [6.07, 6.45) is 1.97. The monoisotopic (exact) mass is 356 g/mol. The van der Waals surface area contributed by atoms with E-state index < -0.39 is 0 Å². The van der Waals surface area contributed by atoms with E-state index >= 15 is 0 Å². The molecule has 0 spiro atoms. The molecule has 0 amide bonds.